The molecule has 1 aromatic carbocycles. The lowest BCUT2D eigenvalue weighted by Gasteiger charge is -2.16. The van der Waals surface area contributed by atoms with Crippen LogP contribution < -0.4 is 0 Å². The zero-order valence-corrected chi connectivity index (χ0v) is 15.1. The van der Waals surface area contributed by atoms with Gasteiger partial charge in [0.2, 0.25) is 0 Å². The highest BCUT2D eigenvalue weighted by Crippen LogP contribution is 2.45. The maximum absolute atomic E-state index is 3.89. The molecular weight excluding hydrogens is 440 g/mol. The Morgan fingerprint density at radius 2 is 1.72 bits per heavy atom. The molecule has 4 heteroatoms. The summed E-state index contributed by atoms with van der Waals surface area (Å²) in [6, 6.07) is 11.0. The Morgan fingerprint density at radius 1 is 1.11 bits per heavy atom. The maximum Gasteiger partial charge on any atom is 0.0753 e. The van der Waals surface area contributed by atoms with Crippen molar-refractivity contribution in [1.29, 1.82) is 0 Å². The SMILES string of the molecule is Brc1cc(C(Br)C2Cc3ccccc3C2)c(Br)s1. The van der Waals surface area contributed by atoms with Crippen LogP contribution in [0.3, 0.4) is 0 Å². The highest BCUT2D eigenvalue weighted by molar-refractivity contribution is 9.12. The van der Waals surface area contributed by atoms with E-state index >= 15 is 0 Å². The molecule has 0 N–H and O–H groups in total. The zero-order chi connectivity index (χ0) is 12.7. The van der Waals surface area contributed by atoms with Crippen molar-refractivity contribution in [2.45, 2.75) is 17.7 Å². The van der Waals surface area contributed by atoms with Crippen molar-refractivity contribution in [3.8, 4) is 0 Å². The summed E-state index contributed by atoms with van der Waals surface area (Å²) in [6.45, 7) is 0. The first kappa shape index (κ1) is 13.3. The van der Waals surface area contributed by atoms with Crippen LogP contribution in [0.4, 0.5) is 0 Å². The number of thiophene rings is 1. The molecule has 0 saturated heterocycles. The molecule has 1 aromatic heterocycles. The van der Waals surface area contributed by atoms with Crippen LogP contribution in [0.1, 0.15) is 21.5 Å². The minimum Gasteiger partial charge on any atom is -0.121 e. The molecule has 1 aliphatic carbocycles. The van der Waals surface area contributed by atoms with E-state index in [9.17, 15) is 0 Å². The Bertz CT molecular complexity index is 551. The van der Waals surface area contributed by atoms with Gasteiger partial charge in [-0.25, -0.2) is 0 Å². The van der Waals surface area contributed by atoms with Gasteiger partial charge in [0.05, 0.1) is 7.57 Å². The third-order valence-corrected chi connectivity index (χ3v) is 7.10. The number of benzene rings is 1. The molecule has 1 aliphatic rings. The Labute approximate surface area is 136 Å². The second-order valence-electron chi connectivity index (χ2n) is 4.62. The van der Waals surface area contributed by atoms with E-state index in [1.165, 1.54) is 37.1 Å². The molecule has 2 aromatic rings. The molecule has 1 atom stereocenters. The molecule has 1 heterocycles. The third-order valence-electron chi connectivity index (χ3n) is 3.48. The summed E-state index contributed by atoms with van der Waals surface area (Å²) in [5.74, 6) is 0.653. The van der Waals surface area contributed by atoms with Gasteiger partial charge in [-0.05, 0) is 73.4 Å². The second kappa shape index (κ2) is 5.39. The van der Waals surface area contributed by atoms with E-state index < -0.39 is 0 Å². The lowest BCUT2D eigenvalue weighted by molar-refractivity contribution is 0.554. The number of alkyl halides is 1. The van der Waals surface area contributed by atoms with Gasteiger partial charge in [-0.1, -0.05) is 40.2 Å². The van der Waals surface area contributed by atoms with Gasteiger partial charge in [-0.2, -0.15) is 0 Å². The van der Waals surface area contributed by atoms with E-state index in [1.54, 1.807) is 11.3 Å². The largest absolute Gasteiger partial charge is 0.121 e. The minimum atomic E-state index is 0.418. The molecule has 18 heavy (non-hydrogen) atoms. The fraction of sp³-hybridized carbons (Fsp3) is 0.286. The standard InChI is InChI=1S/C14H11Br3S/c15-12-7-11(14(17)18-12)13(16)10-5-8-3-1-2-4-9(8)6-10/h1-4,7,10,13H,5-6H2. The lowest BCUT2D eigenvalue weighted by Crippen LogP contribution is -2.07. The molecule has 94 valence electrons. The van der Waals surface area contributed by atoms with E-state index in [2.05, 4.69) is 78.1 Å². The van der Waals surface area contributed by atoms with Crippen molar-refractivity contribution in [2.24, 2.45) is 5.92 Å². The average molecular weight is 451 g/mol. The lowest BCUT2D eigenvalue weighted by atomic mass is 9.98. The summed E-state index contributed by atoms with van der Waals surface area (Å²) in [4.78, 5) is 0.418. The molecule has 0 spiro atoms. The van der Waals surface area contributed by atoms with Crippen molar-refractivity contribution in [1.82, 2.24) is 0 Å². The summed E-state index contributed by atoms with van der Waals surface area (Å²) in [7, 11) is 0. The van der Waals surface area contributed by atoms with E-state index in [0.717, 1.165) is 0 Å². The zero-order valence-electron chi connectivity index (χ0n) is 9.50. The van der Waals surface area contributed by atoms with Crippen LogP contribution in [0.15, 0.2) is 37.9 Å². The van der Waals surface area contributed by atoms with Crippen molar-refractivity contribution in [2.75, 3.05) is 0 Å². The Morgan fingerprint density at radius 3 is 2.22 bits per heavy atom. The van der Waals surface area contributed by atoms with Crippen LogP contribution in [0.2, 0.25) is 0 Å². The van der Waals surface area contributed by atoms with E-state index in [0.29, 0.717) is 10.7 Å². The van der Waals surface area contributed by atoms with Crippen molar-refractivity contribution in [3.63, 3.8) is 0 Å². The molecule has 1 unspecified atom stereocenters. The van der Waals surface area contributed by atoms with Crippen LogP contribution in [0.5, 0.6) is 0 Å². The quantitative estimate of drug-likeness (QED) is 0.483. The molecule has 0 bridgehead atoms. The first-order valence-corrected chi connectivity index (χ1v) is 9.12. The van der Waals surface area contributed by atoms with Crippen molar-refractivity contribution in [3.05, 3.63) is 54.6 Å². The van der Waals surface area contributed by atoms with Gasteiger partial charge in [0.25, 0.3) is 0 Å². The maximum atomic E-state index is 3.89. The Hall–Kier alpha value is 0.360. The monoisotopic (exact) mass is 448 g/mol. The van der Waals surface area contributed by atoms with Gasteiger partial charge in [0.1, 0.15) is 0 Å². The van der Waals surface area contributed by atoms with Gasteiger partial charge in [0.15, 0.2) is 0 Å². The van der Waals surface area contributed by atoms with Crippen molar-refractivity contribution < 1.29 is 0 Å². The van der Waals surface area contributed by atoms with Crippen LogP contribution in [-0.4, -0.2) is 0 Å². The van der Waals surface area contributed by atoms with Gasteiger partial charge in [-0.15, -0.1) is 11.3 Å². The average Bonchev–Trinajstić information content (AvgIpc) is 2.91. The first-order chi connectivity index (χ1) is 8.65. The van der Waals surface area contributed by atoms with Crippen LogP contribution >= 0.6 is 59.1 Å². The minimum absolute atomic E-state index is 0.418. The summed E-state index contributed by atoms with van der Waals surface area (Å²) in [5, 5.41) is 0. The highest BCUT2D eigenvalue weighted by atomic mass is 79.9. The third kappa shape index (κ3) is 2.49. The Balaban J connectivity index is 1.84. The smallest absolute Gasteiger partial charge is 0.0753 e. The van der Waals surface area contributed by atoms with Crippen LogP contribution in [0.25, 0.3) is 0 Å². The molecular formula is C14H11Br3S. The predicted molar refractivity (Wildman–Crippen MR) is 88.7 cm³/mol. The number of halogens is 3. The van der Waals surface area contributed by atoms with E-state index in [4.69, 9.17) is 0 Å². The number of fused-ring (bicyclic) bond motifs is 1. The summed E-state index contributed by atoms with van der Waals surface area (Å²) < 4.78 is 2.41. The topological polar surface area (TPSA) is 0 Å². The van der Waals surface area contributed by atoms with Crippen LogP contribution in [0, 0.1) is 5.92 Å². The molecule has 0 saturated carbocycles. The number of hydrogen-bond acceptors (Lipinski definition) is 1. The Kier molecular flexibility index (Phi) is 4.00. The molecule has 0 radical (unpaired) electrons. The molecule has 0 amide bonds. The van der Waals surface area contributed by atoms with Gasteiger partial charge >= 0.3 is 0 Å². The second-order valence-corrected chi connectivity index (χ2v) is 9.35. The van der Waals surface area contributed by atoms with Gasteiger partial charge < -0.3 is 0 Å². The normalized spacial score (nSPS) is 16.8. The fourth-order valence-electron chi connectivity index (χ4n) is 2.59. The summed E-state index contributed by atoms with van der Waals surface area (Å²) >= 11 is 12.8. The van der Waals surface area contributed by atoms with Gasteiger partial charge in [-0.3, -0.25) is 0 Å². The fourth-order valence-corrected chi connectivity index (χ4v) is 6.72. The van der Waals surface area contributed by atoms with E-state index in [1.807, 2.05) is 0 Å². The highest BCUT2D eigenvalue weighted by Gasteiger charge is 2.29. The van der Waals surface area contributed by atoms with E-state index in [-0.39, 0.29) is 0 Å². The first-order valence-electron chi connectivity index (χ1n) is 5.80. The van der Waals surface area contributed by atoms with Crippen molar-refractivity contribution >= 4 is 59.1 Å². The number of rotatable bonds is 2. The predicted octanol–water partition coefficient (Wildman–Crippen LogP) is 6.12. The molecule has 3 rings (SSSR count). The molecule has 0 fully saturated rings. The summed E-state index contributed by atoms with van der Waals surface area (Å²) in [6.07, 6.45) is 2.35. The summed E-state index contributed by atoms with van der Waals surface area (Å²) in [5.41, 5.74) is 4.39. The molecule has 0 nitrogen and oxygen atoms in total. The number of hydrogen-bond donors (Lipinski definition) is 0. The van der Waals surface area contributed by atoms with Crippen LogP contribution in [-0.2, 0) is 12.8 Å². The van der Waals surface area contributed by atoms with Gasteiger partial charge in [0, 0.05) is 4.83 Å². The molecule has 0 aliphatic heterocycles.